The Kier molecular flexibility index (Phi) is 7.34. The minimum absolute atomic E-state index is 0.640. The fourth-order valence-corrected chi connectivity index (χ4v) is 7.69. The molecule has 0 saturated heterocycles. The van der Waals surface area contributed by atoms with Crippen LogP contribution in [0.5, 0.6) is 0 Å². The lowest BCUT2D eigenvalue weighted by Crippen LogP contribution is -2.01. The van der Waals surface area contributed by atoms with Gasteiger partial charge in [0.15, 0.2) is 17.5 Å². The van der Waals surface area contributed by atoms with E-state index in [9.17, 15) is 0 Å². The SMILES string of the molecule is c1ccc(-c2ccc(-c3nc(-c4ccc(-c5cccc6sc7ccccc7c56)cc4)nc(-c4ccccc4-c4ccccc4)n3)cc2)cc1. The Labute approximate surface area is 288 Å². The van der Waals surface area contributed by atoms with Crippen molar-refractivity contribution < 1.29 is 0 Å². The van der Waals surface area contributed by atoms with Crippen LogP contribution in [0.2, 0.25) is 0 Å². The molecule has 230 valence electrons. The number of thiophene rings is 1. The van der Waals surface area contributed by atoms with Crippen LogP contribution in [0.1, 0.15) is 0 Å². The van der Waals surface area contributed by atoms with E-state index in [0.29, 0.717) is 17.5 Å². The van der Waals surface area contributed by atoms with E-state index in [1.807, 2.05) is 29.5 Å². The van der Waals surface area contributed by atoms with Gasteiger partial charge in [-0.15, -0.1) is 11.3 Å². The predicted octanol–water partition coefficient (Wildman–Crippen LogP) is 12.2. The van der Waals surface area contributed by atoms with Gasteiger partial charge in [0, 0.05) is 36.9 Å². The van der Waals surface area contributed by atoms with Gasteiger partial charge in [-0.3, -0.25) is 0 Å². The highest BCUT2D eigenvalue weighted by Crippen LogP contribution is 2.40. The summed E-state index contributed by atoms with van der Waals surface area (Å²) in [5, 5.41) is 2.60. The third kappa shape index (κ3) is 5.48. The van der Waals surface area contributed by atoms with Crippen molar-refractivity contribution >= 4 is 31.5 Å². The molecule has 2 heterocycles. The Morgan fingerprint density at radius 2 is 0.735 bits per heavy atom. The fourth-order valence-electron chi connectivity index (χ4n) is 6.56. The minimum atomic E-state index is 0.640. The molecule has 0 spiro atoms. The second-order valence-electron chi connectivity index (χ2n) is 12.0. The highest BCUT2D eigenvalue weighted by Gasteiger charge is 2.17. The molecule has 0 aliphatic carbocycles. The van der Waals surface area contributed by atoms with E-state index in [1.54, 1.807) is 0 Å². The van der Waals surface area contributed by atoms with E-state index in [4.69, 9.17) is 15.0 Å². The molecular formula is C45H29N3S. The standard InChI is InChI=1S/C45H29N3S/c1-3-12-30(13-4-1)31-22-26-34(27-23-31)43-46-44(48-45(47-43)38-17-8-7-16-36(38)32-14-5-2-6-15-32)35-28-24-33(25-29-35)37-19-11-21-41-42(37)39-18-9-10-20-40(39)49-41/h1-29H. The van der Waals surface area contributed by atoms with Crippen molar-refractivity contribution in [1.29, 1.82) is 0 Å². The van der Waals surface area contributed by atoms with Gasteiger partial charge in [-0.25, -0.2) is 15.0 Å². The van der Waals surface area contributed by atoms with E-state index in [2.05, 4.69) is 158 Å². The first kappa shape index (κ1) is 29.0. The smallest absolute Gasteiger partial charge is 0.164 e. The summed E-state index contributed by atoms with van der Waals surface area (Å²) < 4.78 is 2.60. The van der Waals surface area contributed by atoms with Gasteiger partial charge in [0.1, 0.15) is 0 Å². The molecule has 0 aliphatic heterocycles. The molecule has 0 saturated carbocycles. The zero-order valence-corrected chi connectivity index (χ0v) is 27.3. The van der Waals surface area contributed by atoms with Crippen molar-refractivity contribution in [2.24, 2.45) is 0 Å². The number of hydrogen-bond donors (Lipinski definition) is 0. The third-order valence-corrected chi connectivity index (χ3v) is 10.1. The summed E-state index contributed by atoms with van der Waals surface area (Å²) in [6.07, 6.45) is 0. The van der Waals surface area contributed by atoms with Gasteiger partial charge in [-0.2, -0.15) is 0 Å². The van der Waals surface area contributed by atoms with Crippen molar-refractivity contribution in [3.05, 3.63) is 176 Å². The van der Waals surface area contributed by atoms with Crippen LogP contribution in [0.3, 0.4) is 0 Å². The van der Waals surface area contributed by atoms with Crippen molar-refractivity contribution in [1.82, 2.24) is 15.0 Å². The summed E-state index contributed by atoms with van der Waals surface area (Å²) in [6.45, 7) is 0. The van der Waals surface area contributed by atoms with Crippen LogP contribution >= 0.6 is 11.3 Å². The van der Waals surface area contributed by atoms with Gasteiger partial charge in [0.25, 0.3) is 0 Å². The fraction of sp³-hybridized carbons (Fsp3) is 0. The van der Waals surface area contributed by atoms with Gasteiger partial charge in [-0.05, 0) is 45.5 Å². The largest absolute Gasteiger partial charge is 0.208 e. The molecule has 49 heavy (non-hydrogen) atoms. The number of benzene rings is 7. The zero-order chi connectivity index (χ0) is 32.6. The number of fused-ring (bicyclic) bond motifs is 3. The first-order valence-electron chi connectivity index (χ1n) is 16.4. The number of hydrogen-bond acceptors (Lipinski definition) is 4. The summed E-state index contributed by atoms with van der Waals surface area (Å²) >= 11 is 1.84. The molecule has 2 aromatic heterocycles. The summed E-state index contributed by atoms with van der Waals surface area (Å²) in [5.41, 5.74) is 9.76. The average Bonchev–Trinajstić information content (AvgIpc) is 3.58. The Morgan fingerprint density at radius 3 is 1.43 bits per heavy atom. The molecule has 0 radical (unpaired) electrons. The molecule has 7 aromatic carbocycles. The van der Waals surface area contributed by atoms with Crippen LogP contribution < -0.4 is 0 Å². The molecule has 0 aliphatic rings. The molecule has 4 heteroatoms. The molecule has 0 amide bonds. The second kappa shape index (κ2) is 12.4. The van der Waals surface area contributed by atoms with Gasteiger partial charge in [0.05, 0.1) is 0 Å². The molecule has 9 aromatic rings. The maximum atomic E-state index is 5.12. The molecule has 0 atom stereocenters. The monoisotopic (exact) mass is 643 g/mol. The van der Waals surface area contributed by atoms with Gasteiger partial charge < -0.3 is 0 Å². The first-order valence-corrected chi connectivity index (χ1v) is 17.2. The average molecular weight is 644 g/mol. The first-order chi connectivity index (χ1) is 24.3. The summed E-state index contributed by atoms with van der Waals surface area (Å²) in [7, 11) is 0. The van der Waals surface area contributed by atoms with Crippen molar-refractivity contribution in [3.8, 4) is 67.5 Å². The van der Waals surface area contributed by atoms with Crippen LogP contribution in [-0.4, -0.2) is 15.0 Å². The van der Waals surface area contributed by atoms with Gasteiger partial charge in [-0.1, -0.05) is 164 Å². The van der Waals surface area contributed by atoms with E-state index >= 15 is 0 Å². The molecule has 0 fully saturated rings. The maximum Gasteiger partial charge on any atom is 0.164 e. The molecule has 0 unspecified atom stereocenters. The van der Waals surface area contributed by atoms with E-state index in [-0.39, 0.29) is 0 Å². The summed E-state index contributed by atoms with van der Waals surface area (Å²) in [5.74, 6) is 1.92. The van der Waals surface area contributed by atoms with Crippen LogP contribution in [0, 0.1) is 0 Å². The lowest BCUT2D eigenvalue weighted by atomic mass is 9.98. The topological polar surface area (TPSA) is 38.7 Å². The Balaban J connectivity index is 1.17. The summed E-state index contributed by atoms with van der Waals surface area (Å²) in [6, 6.07) is 61.5. The molecule has 0 N–H and O–H groups in total. The van der Waals surface area contributed by atoms with E-state index in [0.717, 1.165) is 33.4 Å². The Hall–Kier alpha value is -6.23. The molecule has 3 nitrogen and oxygen atoms in total. The van der Waals surface area contributed by atoms with Gasteiger partial charge >= 0.3 is 0 Å². The van der Waals surface area contributed by atoms with E-state index < -0.39 is 0 Å². The van der Waals surface area contributed by atoms with Crippen molar-refractivity contribution in [3.63, 3.8) is 0 Å². The Morgan fingerprint density at radius 1 is 0.286 bits per heavy atom. The lowest BCUT2D eigenvalue weighted by Gasteiger charge is -2.12. The van der Waals surface area contributed by atoms with Crippen LogP contribution in [0.4, 0.5) is 0 Å². The van der Waals surface area contributed by atoms with Crippen LogP contribution in [-0.2, 0) is 0 Å². The minimum Gasteiger partial charge on any atom is -0.208 e. The molecular weight excluding hydrogens is 615 g/mol. The number of aromatic nitrogens is 3. The number of nitrogens with zero attached hydrogens (tertiary/aromatic N) is 3. The predicted molar refractivity (Wildman–Crippen MR) is 205 cm³/mol. The molecule has 9 rings (SSSR count). The quantitative estimate of drug-likeness (QED) is 0.181. The van der Waals surface area contributed by atoms with Gasteiger partial charge in [0.2, 0.25) is 0 Å². The molecule has 0 bridgehead atoms. The van der Waals surface area contributed by atoms with E-state index in [1.165, 1.54) is 36.9 Å². The normalized spacial score (nSPS) is 11.3. The maximum absolute atomic E-state index is 5.12. The van der Waals surface area contributed by atoms with Crippen LogP contribution in [0.15, 0.2) is 176 Å². The zero-order valence-electron chi connectivity index (χ0n) is 26.5. The summed E-state index contributed by atoms with van der Waals surface area (Å²) in [4.78, 5) is 15.3. The van der Waals surface area contributed by atoms with Crippen molar-refractivity contribution in [2.45, 2.75) is 0 Å². The third-order valence-electron chi connectivity index (χ3n) is 9.00. The van der Waals surface area contributed by atoms with Crippen molar-refractivity contribution in [2.75, 3.05) is 0 Å². The van der Waals surface area contributed by atoms with Crippen LogP contribution in [0.25, 0.3) is 87.7 Å². The highest BCUT2D eigenvalue weighted by atomic mass is 32.1. The second-order valence-corrected chi connectivity index (χ2v) is 13.1. The number of rotatable bonds is 6. The highest BCUT2D eigenvalue weighted by molar-refractivity contribution is 7.25. The lowest BCUT2D eigenvalue weighted by molar-refractivity contribution is 1.07. The Bertz CT molecular complexity index is 2570.